The smallest absolute Gasteiger partial charge is 0.258 e. The first-order valence-corrected chi connectivity index (χ1v) is 9.16. The molecule has 0 saturated carbocycles. The molecule has 0 aliphatic carbocycles. The Bertz CT molecular complexity index is 983. The Morgan fingerprint density at radius 3 is 2.60 bits per heavy atom. The van der Waals surface area contributed by atoms with Gasteiger partial charge in [0, 0.05) is 16.7 Å². The first kappa shape index (κ1) is 15.8. The van der Waals surface area contributed by atoms with E-state index >= 15 is 0 Å². The van der Waals surface area contributed by atoms with Gasteiger partial charge in [-0.2, -0.15) is 0 Å². The van der Waals surface area contributed by atoms with Crippen molar-refractivity contribution in [3.05, 3.63) is 65.7 Å². The highest BCUT2D eigenvalue weighted by atomic mass is 32.2. The van der Waals surface area contributed by atoms with Crippen molar-refractivity contribution in [3.63, 3.8) is 0 Å². The summed E-state index contributed by atoms with van der Waals surface area (Å²) in [5.41, 5.74) is 4.21. The van der Waals surface area contributed by atoms with Gasteiger partial charge in [-0.15, -0.1) is 0 Å². The number of pyridine rings is 1. The SMILES string of the molecule is Cc1c(-c2ccccc2)nc2ccccc2c1C(=O)NC1=NCCS1. The summed E-state index contributed by atoms with van der Waals surface area (Å²) in [4.78, 5) is 22.1. The van der Waals surface area contributed by atoms with Gasteiger partial charge >= 0.3 is 0 Å². The normalized spacial score (nSPS) is 13.7. The topological polar surface area (TPSA) is 54.4 Å². The van der Waals surface area contributed by atoms with Crippen LogP contribution in [0.3, 0.4) is 0 Å². The lowest BCUT2D eigenvalue weighted by molar-refractivity contribution is 0.0979. The minimum atomic E-state index is -0.124. The standard InChI is InChI=1S/C20H17N3OS/c1-13-17(19(24)23-20-21-11-12-25-20)15-9-5-6-10-16(15)22-18(13)14-7-3-2-4-8-14/h2-10H,11-12H2,1H3,(H,21,23,24). The summed E-state index contributed by atoms with van der Waals surface area (Å²) in [5, 5.41) is 4.52. The Labute approximate surface area is 150 Å². The number of benzene rings is 2. The second kappa shape index (κ2) is 6.69. The van der Waals surface area contributed by atoms with E-state index in [1.165, 1.54) is 0 Å². The lowest BCUT2D eigenvalue weighted by atomic mass is 9.97. The van der Waals surface area contributed by atoms with Gasteiger partial charge in [-0.1, -0.05) is 60.3 Å². The average Bonchev–Trinajstić information content (AvgIpc) is 3.14. The zero-order valence-corrected chi connectivity index (χ0v) is 14.6. The van der Waals surface area contributed by atoms with Crippen LogP contribution in [0.2, 0.25) is 0 Å². The maximum absolute atomic E-state index is 13.0. The molecule has 1 aliphatic rings. The summed E-state index contributed by atoms with van der Waals surface area (Å²) in [7, 11) is 0. The van der Waals surface area contributed by atoms with E-state index < -0.39 is 0 Å². The van der Waals surface area contributed by atoms with E-state index in [1.807, 2.05) is 61.5 Å². The number of aliphatic imine (C=N–C) groups is 1. The molecule has 5 heteroatoms. The van der Waals surface area contributed by atoms with Gasteiger partial charge < -0.3 is 5.32 Å². The molecule has 0 unspecified atom stereocenters. The molecule has 0 spiro atoms. The van der Waals surface area contributed by atoms with Crippen molar-refractivity contribution in [2.24, 2.45) is 4.99 Å². The number of nitrogens with one attached hydrogen (secondary N) is 1. The summed E-state index contributed by atoms with van der Waals surface area (Å²) in [6, 6.07) is 17.7. The fourth-order valence-electron chi connectivity index (χ4n) is 3.05. The number of nitrogens with zero attached hydrogens (tertiary/aromatic N) is 2. The predicted octanol–water partition coefficient (Wildman–Crippen LogP) is 4.04. The molecule has 1 N–H and O–H groups in total. The number of fused-ring (bicyclic) bond motifs is 1. The molecule has 4 rings (SSSR count). The molecule has 1 aliphatic heterocycles. The highest BCUT2D eigenvalue weighted by Gasteiger charge is 2.20. The number of hydrogen-bond donors (Lipinski definition) is 1. The summed E-state index contributed by atoms with van der Waals surface area (Å²) in [6.07, 6.45) is 0. The van der Waals surface area contributed by atoms with Crippen LogP contribution in [0, 0.1) is 6.92 Å². The summed E-state index contributed by atoms with van der Waals surface area (Å²) in [5.74, 6) is 0.794. The van der Waals surface area contributed by atoms with E-state index in [2.05, 4.69) is 10.3 Å². The highest BCUT2D eigenvalue weighted by molar-refractivity contribution is 8.14. The first-order valence-electron chi connectivity index (χ1n) is 8.17. The van der Waals surface area contributed by atoms with Crippen LogP contribution in [0.15, 0.2) is 59.6 Å². The van der Waals surface area contributed by atoms with E-state index in [0.29, 0.717) is 10.7 Å². The number of aromatic nitrogens is 1. The third kappa shape index (κ3) is 3.03. The largest absolute Gasteiger partial charge is 0.301 e. The first-order chi connectivity index (χ1) is 12.2. The number of carbonyl (C=O) groups excluding carboxylic acids is 1. The fourth-order valence-corrected chi connectivity index (χ4v) is 3.77. The minimum absolute atomic E-state index is 0.124. The second-order valence-corrected chi connectivity index (χ2v) is 6.92. The Morgan fingerprint density at radius 1 is 1.08 bits per heavy atom. The molecule has 1 aromatic heterocycles. The number of hydrogen-bond acceptors (Lipinski definition) is 4. The molecule has 0 atom stereocenters. The molecular weight excluding hydrogens is 330 g/mol. The molecule has 124 valence electrons. The monoisotopic (exact) mass is 347 g/mol. The average molecular weight is 347 g/mol. The maximum Gasteiger partial charge on any atom is 0.258 e. The number of rotatable bonds is 2. The number of amides is 1. The summed E-state index contributed by atoms with van der Waals surface area (Å²) < 4.78 is 0. The number of amidine groups is 1. The van der Waals surface area contributed by atoms with Gasteiger partial charge in [0.25, 0.3) is 5.91 Å². The van der Waals surface area contributed by atoms with Gasteiger partial charge in [-0.05, 0) is 18.6 Å². The van der Waals surface area contributed by atoms with E-state index in [1.54, 1.807) is 11.8 Å². The summed E-state index contributed by atoms with van der Waals surface area (Å²) >= 11 is 1.58. The molecule has 3 aromatic rings. The lowest BCUT2D eigenvalue weighted by Crippen LogP contribution is -2.28. The molecule has 2 heterocycles. The van der Waals surface area contributed by atoms with Crippen molar-refractivity contribution >= 4 is 33.7 Å². The predicted molar refractivity (Wildman–Crippen MR) is 104 cm³/mol. The Hall–Kier alpha value is -2.66. The van der Waals surface area contributed by atoms with Gasteiger partial charge in [0.05, 0.1) is 23.3 Å². The molecule has 2 aromatic carbocycles. The number of carbonyl (C=O) groups is 1. The fraction of sp³-hybridized carbons (Fsp3) is 0.150. The van der Waals surface area contributed by atoms with Crippen molar-refractivity contribution < 1.29 is 4.79 Å². The number of para-hydroxylation sites is 1. The van der Waals surface area contributed by atoms with Gasteiger partial charge in [-0.3, -0.25) is 9.79 Å². The van der Waals surface area contributed by atoms with Crippen LogP contribution in [0.4, 0.5) is 0 Å². The zero-order valence-electron chi connectivity index (χ0n) is 13.8. The van der Waals surface area contributed by atoms with Gasteiger partial charge in [-0.25, -0.2) is 4.98 Å². The third-order valence-electron chi connectivity index (χ3n) is 4.22. The van der Waals surface area contributed by atoms with Crippen LogP contribution in [-0.4, -0.2) is 28.4 Å². The van der Waals surface area contributed by atoms with E-state index in [-0.39, 0.29) is 5.91 Å². The molecule has 0 saturated heterocycles. The lowest BCUT2D eigenvalue weighted by Gasteiger charge is -2.14. The molecule has 4 nitrogen and oxygen atoms in total. The van der Waals surface area contributed by atoms with Gasteiger partial charge in [0.15, 0.2) is 5.17 Å². The molecule has 0 fully saturated rings. The molecule has 0 bridgehead atoms. The van der Waals surface area contributed by atoms with Crippen LogP contribution in [0.5, 0.6) is 0 Å². The Kier molecular flexibility index (Phi) is 4.24. The van der Waals surface area contributed by atoms with Gasteiger partial charge in [0.2, 0.25) is 0 Å². The summed E-state index contributed by atoms with van der Waals surface area (Å²) in [6.45, 7) is 2.71. The van der Waals surface area contributed by atoms with Crippen molar-refractivity contribution in [1.82, 2.24) is 10.3 Å². The van der Waals surface area contributed by atoms with Gasteiger partial charge in [0.1, 0.15) is 0 Å². The Morgan fingerprint density at radius 2 is 1.84 bits per heavy atom. The van der Waals surface area contributed by atoms with Crippen molar-refractivity contribution in [3.8, 4) is 11.3 Å². The molecule has 0 radical (unpaired) electrons. The molecular formula is C20H17N3OS. The van der Waals surface area contributed by atoms with Crippen molar-refractivity contribution in [2.45, 2.75) is 6.92 Å². The minimum Gasteiger partial charge on any atom is -0.301 e. The molecule has 25 heavy (non-hydrogen) atoms. The third-order valence-corrected chi connectivity index (χ3v) is 5.11. The quantitative estimate of drug-likeness (QED) is 0.761. The molecule has 1 amide bonds. The van der Waals surface area contributed by atoms with Crippen LogP contribution in [0.1, 0.15) is 15.9 Å². The van der Waals surface area contributed by atoms with E-state index in [0.717, 1.165) is 40.0 Å². The van der Waals surface area contributed by atoms with Crippen molar-refractivity contribution in [1.29, 1.82) is 0 Å². The van der Waals surface area contributed by atoms with E-state index in [9.17, 15) is 4.79 Å². The maximum atomic E-state index is 13.0. The van der Waals surface area contributed by atoms with Crippen LogP contribution >= 0.6 is 11.8 Å². The van der Waals surface area contributed by atoms with E-state index in [4.69, 9.17) is 4.98 Å². The van der Waals surface area contributed by atoms with Crippen LogP contribution in [0.25, 0.3) is 22.2 Å². The van der Waals surface area contributed by atoms with Crippen LogP contribution in [-0.2, 0) is 0 Å². The zero-order chi connectivity index (χ0) is 17.2. The highest BCUT2D eigenvalue weighted by Crippen LogP contribution is 2.29. The van der Waals surface area contributed by atoms with Crippen molar-refractivity contribution in [2.75, 3.05) is 12.3 Å². The van der Waals surface area contributed by atoms with Crippen LogP contribution < -0.4 is 5.32 Å². The second-order valence-electron chi connectivity index (χ2n) is 5.83. The number of thioether (sulfide) groups is 1. The Balaban J connectivity index is 1.89.